The fraction of sp³-hybridized carbons (Fsp3) is 0.0417. The van der Waals surface area contributed by atoms with E-state index in [0.29, 0.717) is 22.3 Å². The minimum atomic E-state index is -0.412. The van der Waals surface area contributed by atoms with Gasteiger partial charge in [0.2, 0.25) is 0 Å². The zero-order chi connectivity index (χ0) is 38.6. The van der Waals surface area contributed by atoms with Gasteiger partial charge in [0.25, 0.3) is 0 Å². The van der Waals surface area contributed by atoms with Gasteiger partial charge in [-0.25, -0.2) is 0 Å². The molecule has 10 rings (SSSR count). The SMILES string of the molecule is [2H]c1c([2H])c([2H])c2c(-c3cccc(-c4ccc5ccccc5c4)c3)c3c([2H])c([2H])c([2H])c([2H])c3c(C3=C4C=CC=CC4C4C(=C3)C=Cc3ccccc34)c2c1[2H]. The first kappa shape index (κ1) is 20.3. The number of hydrogen-bond donors (Lipinski definition) is 0. The molecule has 0 spiro atoms. The highest BCUT2D eigenvalue weighted by atomic mass is 14.4. The molecule has 0 heteroatoms. The molecule has 3 aliphatic rings. The summed E-state index contributed by atoms with van der Waals surface area (Å²) in [5.74, 6) is -0.135. The smallest absolute Gasteiger partial charge is 0.0629 e. The quantitative estimate of drug-likeness (QED) is 0.173. The second-order valence-electron chi connectivity index (χ2n) is 12.6. The monoisotopic (exact) mass is 616 g/mol. The van der Waals surface area contributed by atoms with Gasteiger partial charge in [-0.05, 0) is 100 Å². The third-order valence-corrected chi connectivity index (χ3v) is 10.1. The van der Waals surface area contributed by atoms with Crippen LogP contribution in [0.1, 0.15) is 33.6 Å². The molecule has 7 aromatic carbocycles. The summed E-state index contributed by atoms with van der Waals surface area (Å²) in [5, 5.41) is 3.04. The molecular formula is C48H32. The summed E-state index contributed by atoms with van der Waals surface area (Å²) in [4.78, 5) is 0. The van der Waals surface area contributed by atoms with E-state index in [1.54, 1.807) is 0 Å². The Bertz CT molecular complexity index is 2990. The Balaban J connectivity index is 1.36. The highest BCUT2D eigenvalue weighted by Crippen LogP contribution is 2.52. The molecule has 3 aliphatic carbocycles. The summed E-state index contributed by atoms with van der Waals surface area (Å²) < 4.78 is 73.8. The predicted molar refractivity (Wildman–Crippen MR) is 205 cm³/mol. The minimum absolute atomic E-state index is 0.00613. The number of fused-ring (bicyclic) bond motifs is 8. The average Bonchev–Trinajstić information content (AvgIpc) is 3.24. The van der Waals surface area contributed by atoms with Gasteiger partial charge in [-0.2, -0.15) is 0 Å². The van der Waals surface area contributed by atoms with Gasteiger partial charge in [-0.1, -0.05) is 170 Å². The van der Waals surface area contributed by atoms with Gasteiger partial charge < -0.3 is 0 Å². The van der Waals surface area contributed by atoms with E-state index in [4.69, 9.17) is 5.48 Å². The van der Waals surface area contributed by atoms with E-state index in [1.165, 1.54) is 5.56 Å². The van der Waals surface area contributed by atoms with Gasteiger partial charge in [-0.3, -0.25) is 0 Å². The molecule has 0 aliphatic heterocycles. The first-order valence-electron chi connectivity index (χ1n) is 20.3. The standard InChI is InChI=1S/C48H32/c1-2-14-33-28-35(26-24-31(33)12-1)34-15-11-16-36(29-34)47-41-20-7-9-22-43(41)48(44-23-10-8-21-42(44)47)45-30-37-27-25-32-13-3-4-17-38(32)46(37)40-19-6-5-18-39(40)45/h1-30,40,46H/i7D,8D,9D,10D,20D,21D,22D,23D. The van der Waals surface area contributed by atoms with E-state index in [2.05, 4.69) is 60.7 Å². The van der Waals surface area contributed by atoms with Crippen molar-refractivity contribution in [2.75, 3.05) is 0 Å². The lowest BCUT2D eigenvalue weighted by Gasteiger charge is -2.37. The maximum absolute atomic E-state index is 9.53. The molecule has 0 saturated heterocycles. The molecule has 0 nitrogen and oxygen atoms in total. The topological polar surface area (TPSA) is 0 Å². The van der Waals surface area contributed by atoms with Crippen LogP contribution in [-0.2, 0) is 0 Å². The maximum Gasteiger partial charge on any atom is 0.0629 e. The van der Waals surface area contributed by atoms with E-state index < -0.39 is 24.2 Å². The first-order valence-corrected chi connectivity index (χ1v) is 16.3. The molecule has 2 unspecified atom stereocenters. The number of allylic oxidation sites excluding steroid dienone is 9. The lowest BCUT2D eigenvalue weighted by molar-refractivity contribution is 0.648. The van der Waals surface area contributed by atoms with Gasteiger partial charge in [0.15, 0.2) is 0 Å². The molecule has 0 heterocycles. The second-order valence-corrected chi connectivity index (χ2v) is 12.6. The Morgan fingerprint density at radius 3 is 2.02 bits per heavy atom. The summed E-state index contributed by atoms with van der Waals surface area (Å²) in [7, 11) is 0. The second kappa shape index (κ2) is 10.8. The Kier molecular flexibility index (Phi) is 4.56. The van der Waals surface area contributed by atoms with Crippen LogP contribution in [-0.4, -0.2) is 0 Å². The number of benzene rings is 7. The van der Waals surface area contributed by atoms with Gasteiger partial charge in [0.1, 0.15) is 0 Å². The van der Waals surface area contributed by atoms with Crippen molar-refractivity contribution >= 4 is 44.0 Å². The Hall–Kier alpha value is -5.98. The van der Waals surface area contributed by atoms with Crippen LogP contribution >= 0.6 is 0 Å². The molecule has 7 aromatic rings. The highest BCUT2D eigenvalue weighted by Gasteiger charge is 2.35. The van der Waals surface area contributed by atoms with E-state index in [-0.39, 0.29) is 57.6 Å². The Morgan fingerprint density at radius 2 is 1.21 bits per heavy atom. The largest absolute Gasteiger partial charge is 0.0760 e. The zero-order valence-electron chi connectivity index (χ0n) is 33.9. The van der Waals surface area contributed by atoms with Gasteiger partial charge in [0, 0.05) is 11.8 Å². The van der Waals surface area contributed by atoms with Crippen molar-refractivity contribution < 1.29 is 11.0 Å². The molecule has 2 atom stereocenters. The normalized spacial score (nSPS) is 20.1. The van der Waals surface area contributed by atoms with Gasteiger partial charge in [0.05, 0.1) is 11.0 Å². The van der Waals surface area contributed by atoms with Crippen LogP contribution in [0.25, 0.3) is 66.2 Å². The van der Waals surface area contributed by atoms with Crippen LogP contribution in [0, 0.1) is 5.92 Å². The predicted octanol–water partition coefficient (Wildman–Crippen LogP) is 12.7. The molecule has 48 heavy (non-hydrogen) atoms. The van der Waals surface area contributed by atoms with E-state index in [0.717, 1.165) is 38.6 Å². The molecule has 0 fully saturated rings. The summed E-state index contributed by atoms with van der Waals surface area (Å²) >= 11 is 0. The summed E-state index contributed by atoms with van der Waals surface area (Å²) in [5.41, 5.74) is 8.03. The average molecular weight is 617 g/mol. The molecule has 0 bridgehead atoms. The van der Waals surface area contributed by atoms with Crippen molar-refractivity contribution in [1.82, 2.24) is 0 Å². The summed E-state index contributed by atoms with van der Waals surface area (Å²) in [6.07, 6.45) is 14.4. The van der Waals surface area contributed by atoms with Crippen LogP contribution in [0.5, 0.6) is 0 Å². The van der Waals surface area contributed by atoms with Crippen LogP contribution in [0.3, 0.4) is 0 Å². The van der Waals surface area contributed by atoms with Crippen LogP contribution in [0.4, 0.5) is 0 Å². The van der Waals surface area contributed by atoms with E-state index >= 15 is 0 Å². The maximum atomic E-state index is 9.53. The van der Waals surface area contributed by atoms with Crippen molar-refractivity contribution in [3.63, 3.8) is 0 Å². The minimum Gasteiger partial charge on any atom is -0.0760 e. The van der Waals surface area contributed by atoms with Crippen molar-refractivity contribution in [3.8, 4) is 22.3 Å². The summed E-state index contributed by atoms with van der Waals surface area (Å²) in [6, 6.07) is 27.6. The van der Waals surface area contributed by atoms with E-state index in [9.17, 15) is 5.48 Å². The third-order valence-electron chi connectivity index (χ3n) is 10.1. The zero-order valence-corrected chi connectivity index (χ0v) is 25.9. The molecular weight excluding hydrogens is 577 g/mol. The lowest BCUT2D eigenvalue weighted by Crippen LogP contribution is -2.22. The molecule has 0 aromatic heterocycles. The van der Waals surface area contributed by atoms with Gasteiger partial charge >= 0.3 is 0 Å². The first-order chi connectivity index (χ1) is 27.1. The van der Waals surface area contributed by atoms with Crippen molar-refractivity contribution in [2.45, 2.75) is 5.92 Å². The molecule has 0 amide bonds. The third kappa shape index (κ3) is 4.16. The van der Waals surface area contributed by atoms with Gasteiger partial charge in [-0.15, -0.1) is 0 Å². The lowest BCUT2D eigenvalue weighted by atomic mass is 9.66. The van der Waals surface area contributed by atoms with Crippen LogP contribution in [0.15, 0.2) is 187 Å². The Labute approximate surface area is 292 Å². The molecule has 0 N–H and O–H groups in total. The Morgan fingerprint density at radius 1 is 0.521 bits per heavy atom. The highest BCUT2D eigenvalue weighted by molar-refractivity contribution is 6.20. The van der Waals surface area contributed by atoms with Crippen molar-refractivity contribution in [1.29, 1.82) is 0 Å². The molecule has 224 valence electrons. The molecule has 0 radical (unpaired) electrons. The fourth-order valence-corrected chi connectivity index (χ4v) is 7.94. The van der Waals surface area contributed by atoms with Crippen LogP contribution in [0.2, 0.25) is 0 Å². The van der Waals surface area contributed by atoms with Crippen molar-refractivity contribution in [3.05, 3.63) is 204 Å². The fourth-order valence-electron chi connectivity index (χ4n) is 7.94. The van der Waals surface area contributed by atoms with E-state index in [1.807, 2.05) is 72.8 Å². The van der Waals surface area contributed by atoms with Crippen molar-refractivity contribution in [2.24, 2.45) is 5.92 Å². The molecule has 0 saturated carbocycles. The summed E-state index contributed by atoms with van der Waals surface area (Å²) in [6.45, 7) is 0. The van der Waals surface area contributed by atoms with Crippen LogP contribution < -0.4 is 0 Å². The number of rotatable bonds is 3. The number of hydrogen-bond acceptors (Lipinski definition) is 0.